The lowest BCUT2D eigenvalue weighted by molar-refractivity contribution is -0.143. The van der Waals surface area contributed by atoms with Gasteiger partial charge in [-0.15, -0.1) is 0 Å². The van der Waals surface area contributed by atoms with Crippen molar-refractivity contribution < 1.29 is 78.0 Å². The lowest BCUT2D eigenvalue weighted by atomic mass is 10.0. The van der Waals surface area contributed by atoms with Gasteiger partial charge in [-0.2, -0.15) is 0 Å². The van der Waals surface area contributed by atoms with E-state index in [1.165, 1.54) is 74.2 Å². The van der Waals surface area contributed by atoms with Crippen LogP contribution in [0.5, 0.6) is 11.5 Å². The molecule has 2 heterocycles. The summed E-state index contributed by atoms with van der Waals surface area (Å²) in [7, 11) is 2.17. The van der Waals surface area contributed by atoms with Crippen molar-refractivity contribution in [3.63, 3.8) is 0 Å². The topological polar surface area (TPSA) is 413 Å². The van der Waals surface area contributed by atoms with E-state index in [2.05, 4.69) is 53.2 Å². The van der Waals surface area contributed by atoms with Crippen molar-refractivity contribution in [3.05, 3.63) is 59.7 Å². The summed E-state index contributed by atoms with van der Waals surface area (Å²) >= 11 is 0. The molecule has 0 saturated carbocycles. The summed E-state index contributed by atoms with van der Waals surface area (Å²) in [6.07, 6.45) is -2.40. The average Bonchev–Trinajstić information content (AvgIpc) is 3.45. The van der Waals surface area contributed by atoms with Crippen LogP contribution in [-0.2, 0) is 70.4 Å². The number of aliphatic carboxylic acids is 1. The highest BCUT2D eigenvalue weighted by Crippen LogP contribution is 2.25. The second kappa shape index (κ2) is 34.9. The van der Waals surface area contributed by atoms with Gasteiger partial charge in [0.05, 0.1) is 25.6 Å². The summed E-state index contributed by atoms with van der Waals surface area (Å²) in [5, 5.41) is 66.4. The lowest BCUT2D eigenvalue weighted by Gasteiger charge is -2.31. The van der Waals surface area contributed by atoms with Crippen molar-refractivity contribution in [2.24, 2.45) is 5.92 Å². The Morgan fingerprint density at radius 1 is 0.706 bits per heavy atom. The average molecular weight is 1230 g/mol. The number of likely N-dealkylation sites (tertiary alicyclic amines) is 1. The normalized spacial score (nSPS) is 22.3. The molecule has 0 aromatic heterocycles. The largest absolute Gasteiger partial charge is 0.508 e. The molecule has 9 atom stereocenters. The summed E-state index contributed by atoms with van der Waals surface area (Å²) in [5.41, 5.74) is 0.782. The zero-order valence-corrected chi connectivity index (χ0v) is 50.0. The first-order chi connectivity index (χ1) is 40.2. The van der Waals surface area contributed by atoms with Crippen LogP contribution in [0.1, 0.15) is 78.4 Å². The molecule has 4 rings (SSSR count). The molecular formula is C55H80N12O16S2. The Morgan fingerprint density at radius 2 is 1.24 bits per heavy atom. The minimum absolute atomic E-state index is 0.0909. The highest BCUT2D eigenvalue weighted by molar-refractivity contribution is 8.76. The molecule has 14 N–H and O–H groups in total. The number of aromatic hydroxyl groups is 2. The number of hydrogen-bond donors (Lipinski definition) is 14. The summed E-state index contributed by atoms with van der Waals surface area (Å²) in [6, 6.07) is 0.0394. The van der Waals surface area contributed by atoms with Crippen molar-refractivity contribution in [3.8, 4) is 11.5 Å². The van der Waals surface area contributed by atoms with Gasteiger partial charge in [-0.1, -0.05) is 59.7 Å². The number of rotatable bonds is 21. The molecule has 2 aliphatic rings. The molecule has 0 spiro atoms. The second-order valence-electron chi connectivity index (χ2n) is 21.2. The van der Waals surface area contributed by atoms with E-state index in [4.69, 9.17) is 0 Å². The predicted octanol–water partition coefficient (Wildman–Crippen LogP) is -2.73. The molecule has 28 nitrogen and oxygen atoms in total. The summed E-state index contributed by atoms with van der Waals surface area (Å²) in [5.74, 6) is -10.4. The third-order valence-electron chi connectivity index (χ3n) is 13.3. The summed E-state index contributed by atoms with van der Waals surface area (Å²) < 4.78 is 0. The first-order valence-electron chi connectivity index (χ1n) is 27.8. The van der Waals surface area contributed by atoms with Gasteiger partial charge in [-0.05, 0) is 74.4 Å². The van der Waals surface area contributed by atoms with Crippen LogP contribution in [0, 0.1) is 5.92 Å². The lowest BCUT2D eigenvalue weighted by Crippen LogP contribution is -2.60. The number of benzene rings is 2. The Morgan fingerprint density at radius 3 is 1.76 bits per heavy atom. The fourth-order valence-electron chi connectivity index (χ4n) is 9.06. The number of hydrogen-bond acceptors (Lipinski definition) is 18. The van der Waals surface area contributed by atoms with Crippen LogP contribution < -0.4 is 53.2 Å². The van der Waals surface area contributed by atoms with Crippen LogP contribution in [0.4, 0.5) is 0 Å². The molecule has 1 unspecified atom stereocenters. The van der Waals surface area contributed by atoms with E-state index in [-0.39, 0.29) is 106 Å². The number of phenolic OH excluding ortho intramolecular Hbond substituents is 2. The van der Waals surface area contributed by atoms with Gasteiger partial charge in [0.15, 0.2) is 0 Å². The van der Waals surface area contributed by atoms with Crippen molar-refractivity contribution in [2.45, 2.75) is 135 Å². The number of aliphatic hydroxyl groups excluding tert-OH is 1. The molecule has 30 heteroatoms. The molecular weight excluding hydrogens is 1150 g/mol. The van der Waals surface area contributed by atoms with Crippen molar-refractivity contribution in [1.82, 2.24) is 63.0 Å². The minimum Gasteiger partial charge on any atom is -0.508 e. The second-order valence-corrected chi connectivity index (χ2v) is 23.8. The predicted molar refractivity (Wildman–Crippen MR) is 313 cm³/mol. The number of carbonyl (C=O) groups excluding carboxylic acids is 11. The van der Waals surface area contributed by atoms with E-state index in [1.54, 1.807) is 11.8 Å². The molecule has 11 amide bonds. The Balaban J connectivity index is 1.69. The van der Waals surface area contributed by atoms with Crippen LogP contribution in [0.15, 0.2) is 48.5 Å². The van der Waals surface area contributed by atoms with Crippen LogP contribution in [0.3, 0.4) is 0 Å². The highest BCUT2D eigenvalue weighted by atomic mass is 33.1. The molecule has 0 aliphatic carbocycles. The Kier molecular flexibility index (Phi) is 28.7. The van der Waals surface area contributed by atoms with E-state index >= 15 is 0 Å². The van der Waals surface area contributed by atoms with E-state index in [9.17, 15) is 78.0 Å². The molecule has 468 valence electrons. The van der Waals surface area contributed by atoms with Gasteiger partial charge in [-0.3, -0.25) is 62.4 Å². The molecule has 2 aliphatic heterocycles. The molecule has 2 aromatic carbocycles. The van der Waals surface area contributed by atoms with Crippen LogP contribution in [-0.4, -0.2) is 213 Å². The van der Waals surface area contributed by atoms with Gasteiger partial charge in [0.25, 0.3) is 0 Å². The van der Waals surface area contributed by atoms with E-state index in [1.807, 2.05) is 13.8 Å². The number of aliphatic hydroxyl groups is 1. The fraction of sp³-hybridized carbons (Fsp3) is 0.564. The maximum absolute atomic E-state index is 14.5. The van der Waals surface area contributed by atoms with E-state index in [0.29, 0.717) is 17.5 Å². The zero-order valence-electron chi connectivity index (χ0n) is 48.4. The van der Waals surface area contributed by atoms with Crippen molar-refractivity contribution in [1.29, 1.82) is 0 Å². The molecule has 2 fully saturated rings. The SMILES string of the molecule is CC(=O)NCCN(CCNC(C)=O)CC(=O)N[C@@H](CC(C)C)C(=O)N1CCC[C@H]1C(=O)N[C@H]1CSSC[C@@H](C)NC(=O)[C@H](C(C)O)NC(=O)CNC(=O)[C@H](Cc2ccc(O)cc2)NC(=O)[C@H](Cc2ccc(O)cc2)NC(=O)[C@H](CC(=O)O)NC1=O. The Bertz CT molecular complexity index is 2650. The van der Waals surface area contributed by atoms with Crippen molar-refractivity contribution in [2.75, 3.05) is 57.3 Å². The van der Waals surface area contributed by atoms with Crippen LogP contribution >= 0.6 is 21.6 Å². The quantitative estimate of drug-likeness (QED) is 0.0565. The molecule has 0 radical (unpaired) electrons. The number of amides is 11. The van der Waals surface area contributed by atoms with Crippen LogP contribution in [0.2, 0.25) is 0 Å². The Hall–Kier alpha value is -7.70. The first kappa shape index (κ1) is 69.8. The van der Waals surface area contributed by atoms with Crippen molar-refractivity contribution >= 4 is 92.5 Å². The number of carboxylic acid groups (broad SMARTS) is 1. The molecule has 2 aromatic rings. The first-order valence-corrected chi connectivity index (χ1v) is 30.3. The third-order valence-corrected chi connectivity index (χ3v) is 15.9. The smallest absolute Gasteiger partial charge is 0.305 e. The molecule has 85 heavy (non-hydrogen) atoms. The third kappa shape index (κ3) is 24.8. The van der Waals surface area contributed by atoms with Gasteiger partial charge in [0.1, 0.15) is 53.8 Å². The molecule has 0 bridgehead atoms. The maximum Gasteiger partial charge on any atom is 0.305 e. The van der Waals surface area contributed by atoms with E-state index < -0.39 is 127 Å². The Labute approximate surface area is 500 Å². The number of phenols is 2. The fourth-order valence-corrected chi connectivity index (χ4v) is 11.5. The summed E-state index contributed by atoms with van der Waals surface area (Å²) in [4.78, 5) is 165. The van der Waals surface area contributed by atoms with Gasteiger partial charge in [0.2, 0.25) is 65.0 Å². The van der Waals surface area contributed by atoms with Gasteiger partial charge in [0, 0.05) is 77.0 Å². The standard InChI is InChI=1S/C55H80N12O16S2/c1-30(2)22-42(60-46(74)27-66(20-17-56-33(5)69)21-18-57-34(6)70)55(83)67-19-7-8-44(67)53(81)64-43-29-85-84-28-31(3)59-54(82)48(32(4)68)65-45(73)26-58-49(77)39(23-35-9-13-37(71)14-10-35)61-50(78)40(24-36-11-15-38(72)16-12-36)62-51(79)41(25-47(75)76)63-52(43)80/h9-16,30-32,39-44,48,68,71-72H,7-8,17-29H2,1-6H3,(H,56,69)(H,57,70)(H,58,77)(H,59,82)(H,60,74)(H,61,78)(H,62,79)(H,63,80)(H,64,81)(H,65,73)(H,75,76)/t31-,32?,39+,40+,41+,42+,43+,44+,48+/m1/s1. The minimum atomic E-state index is -1.91. The number of nitrogens with one attached hydrogen (secondary N) is 10. The number of carboxylic acids is 1. The number of nitrogens with zero attached hydrogens (tertiary/aromatic N) is 2. The summed E-state index contributed by atoms with van der Waals surface area (Å²) in [6.45, 7) is 9.27. The highest BCUT2D eigenvalue weighted by Gasteiger charge is 2.40. The van der Waals surface area contributed by atoms with Gasteiger partial charge >= 0.3 is 5.97 Å². The van der Waals surface area contributed by atoms with Crippen LogP contribution in [0.25, 0.3) is 0 Å². The monoisotopic (exact) mass is 1230 g/mol. The number of carbonyl (C=O) groups is 12. The van der Waals surface area contributed by atoms with Gasteiger partial charge < -0.3 is 78.5 Å². The maximum atomic E-state index is 14.5. The van der Waals surface area contributed by atoms with E-state index in [0.717, 1.165) is 21.6 Å². The molecule has 2 saturated heterocycles. The van der Waals surface area contributed by atoms with Gasteiger partial charge in [-0.25, -0.2) is 0 Å². The zero-order chi connectivity index (χ0) is 62.9.